The van der Waals surface area contributed by atoms with Gasteiger partial charge in [0.1, 0.15) is 12.4 Å². The van der Waals surface area contributed by atoms with Crippen molar-refractivity contribution in [2.24, 2.45) is 0 Å². The first-order chi connectivity index (χ1) is 8.74. The molecule has 2 rings (SSSR count). The van der Waals surface area contributed by atoms with E-state index >= 15 is 0 Å². The van der Waals surface area contributed by atoms with Gasteiger partial charge < -0.3 is 14.6 Å². The molecule has 0 bridgehead atoms. The molecule has 18 heavy (non-hydrogen) atoms. The van der Waals surface area contributed by atoms with Gasteiger partial charge in [-0.1, -0.05) is 36.4 Å². The molecule has 1 atom stereocenters. The van der Waals surface area contributed by atoms with Crippen molar-refractivity contribution in [3.8, 4) is 0 Å². The highest BCUT2D eigenvalue weighted by atomic mass is 16.7. The van der Waals surface area contributed by atoms with Crippen molar-refractivity contribution in [2.45, 2.75) is 31.5 Å². The van der Waals surface area contributed by atoms with Gasteiger partial charge in [-0.15, -0.1) is 0 Å². The molecule has 1 aromatic carbocycles. The summed E-state index contributed by atoms with van der Waals surface area (Å²) in [5.41, 5.74) is 1.25. The molecule has 0 amide bonds. The van der Waals surface area contributed by atoms with E-state index in [0.717, 1.165) is 30.4 Å². The third kappa shape index (κ3) is 3.19. The molecule has 0 saturated heterocycles. The lowest BCUT2D eigenvalue weighted by Crippen LogP contribution is -2.24. The van der Waals surface area contributed by atoms with Crippen LogP contribution in [0.1, 0.15) is 30.4 Å². The van der Waals surface area contributed by atoms with Gasteiger partial charge in [0.2, 0.25) is 0 Å². The minimum absolute atomic E-state index is 0.300. The maximum Gasteiger partial charge on any atom is 0.146 e. The molecule has 0 saturated carbocycles. The predicted molar refractivity (Wildman–Crippen MR) is 70.0 cm³/mol. The predicted octanol–water partition coefficient (Wildman–Crippen LogP) is 2.73. The van der Waals surface area contributed by atoms with Gasteiger partial charge in [0, 0.05) is 7.11 Å². The molecular formula is C15H20O3. The smallest absolute Gasteiger partial charge is 0.146 e. The fraction of sp³-hybridized carbons (Fsp3) is 0.467. The van der Waals surface area contributed by atoms with E-state index in [2.05, 4.69) is 6.08 Å². The summed E-state index contributed by atoms with van der Waals surface area (Å²) in [6.07, 6.45) is 6.85. The minimum Gasteiger partial charge on any atom is -0.381 e. The molecule has 0 aliphatic heterocycles. The van der Waals surface area contributed by atoms with Gasteiger partial charge in [-0.3, -0.25) is 0 Å². The largest absolute Gasteiger partial charge is 0.381 e. The monoisotopic (exact) mass is 248 g/mol. The third-order valence-electron chi connectivity index (χ3n) is 3.25. The van der Waals surface area contributed by atoms with Crippen molar-refractivity contribution >= 4 is 0 Å². The van der Waals surface area contributed by atoms with E-state index in [1.54, 1.807) is 7.11 Å². The molecule has 1 aliphatic carbocycles. The molecule has 1 N–H and O–H groups in total. The Bertz CT molecular complexity index is 397. The minimum atomic E-state index is -0.788. The summed E-state index contributed by atoms with van der Waals surface area (Å²) in [4.78, 5) is 0. The molecule has 0 radical (unpaired) electrons. The van der Waals surface area contributed by atoms with Crippen LogP contribution in [0.15, 0.2) is 36.4 Å². The molecule has 1 aromatic rings. The summed E-state index contributed by atoms with van der Waals surface area (Å²) in [7, 11) is 1.61. The van der Waals surface area contributed by atoms with Crippen LogP contribution in [0.3, 0.4) is 0 Å². The number of hydrogen-bond acceptors (Lipinski definition) is 3. The van der Waals surface area contributed by atoms with Crippen LogP contribution >= 0.6 is 0 Å². The Morgan fingerprint density at radius 1 is 1.28 bits per heavy atom. The maximum atomic E-state index is 10.5. The lowest BCUT2D eigenvalue weighted by molar-refractivity contribution is -0.0390. The number of benzene rings is 1. The van der Waals surface area contributed by atoms with Crippen LogP contribution in [0.25, 0.3) is 0 Å². The van der Waals surface area contributed by atoms with Gasteiger partial charge in [0.05, 0.1) is 6.61 Å². The van der Waals surface area contributed by atoms with E-state index in [-0.39, 0.29) is 0 Å². The number of hydrogen-bond donors (Lipinski definition) is 1. The highest BCUT2D eigenvalue weighted by Gasteiger charge is 2.27. The van der Waals surface area contributed by atoms with Crippen LogP contribution in [0, 0.1) is 0 Å². The van der Waals surface area contributed by atoms with Crippen LogP contribution < -0.4 is 0 Å². The lowest BCUT2D eigenvalue weighted by atomic mass is 9.84. The summed E-state index contributed by atoms with van der Waals surface area (Å²) in [6.45, 7) is 0.830. The number of methoxy groups -OCH3 is 1. The summed E-state index contributed by atoms with van der Waals surface area (Å²) in [5, 5.41) is 10.5. The summed E-state index contributed by atoms with van der Waals surface area (Å²) in [5.74, 6) is 0. The van der Waals surface area contributed by atoms with Crippen molar-refractivity contribution in [2.75, 3.05) is 13.9 Å². The van der Waals surface area contributed by atoms with Gasteiger partial charge in [0.25, 0.3) is 0 Å². The van der Waals surface area contributed by atoms with Crippen LogP contribution in [-0.4, -0.2) is 19.0 Å². The van der Waals surface area contributed by atoms with Crippen LogP contribution in [0.4, 0.5) is 0 Å². The SMILES string of the molecule is COCOCc1ccc(C2(O)C=CCCC2)cc1. The Labute approximate surface area is 108 Å². The topological polar surface area (TPSA) is 38.7 Å². The van der Waals surface area contributed by atoms with Crippen molar-refractivity contribution < 1.29 is 14.6 Å². The zero-order valence-electron chi connectivity index (χ0n) is 10.8. The normalized spacial score (nSPS) is 23.2. The maximum absolute atomic E-state index is 10.5. The fourth-order valence-corrected chi connectivity index (χ4v) is 2.22. The number of aliphatic hydroxyl groups is 1. The molecule has 98 valence electrons. The summed E-state index contributed by atoms with van der Waals surface area (Å²) in [6, 6.07) is 7.93. The Morgan fingerprint density at radius 3 is 2.67 bits per heavy atom. The van der Waals surface area contributed by atoms with Crippen LogP contribution in [0.2, 0.25) is 0 Å². The van der Waals surface area contributed by atoms with Gasteiger partial charge in [-0.2, -0.15) is 0 Å². The van der Waals surface area contributed by atoms with Gasteiger partial charge in [0.15, 0.2) is 0 Å². The average molecular weight is 248 g/mol. The molecule has 0 spiro atoms. The number of rotatable bonds is 5. The molecule has 1 aliphatic rings. The van der Waals surface area contributed by atoms with Crippen molar-refractivity contribution in [1.82, 2.24) is 0 Å². The molecule has 1 unspecified atom stereocenters. The second-order valence-electron chi connectivity index (χ2n) is 4.67. The second kappa shape index (κ2) is 6.14. The van der Waals surface area contributed by atoms with Gasteiger partial charge in [-0.05, 0) is 30.4 Å². The van der Waals surface area contributed by atoms with Crippen molar-refractivity contribution in [3.05, 3.63) is 47.5 Å². The third-order valence-corrected chi connectivity index (χ3v) is 3.25. The molecule has 3 heteroatoms. The molecular weight excluding hydrogens is 228 g/mol. The van der Waals surface area contributed by atoms with Crippen molar-refractivity contribution in [3.63, 3.8) is 0 Å². The van der Waals surface area contributed by atoms with E-state index in [9.17, 15) is 5.11 Å². The van der Waals surface area contributed by atoms with E-state index in [1.165, 1.54) is 0 Å². The van der Waals surface area contributed by atoms with Crippen molar-refractivity contribution in [1.29, 1.82) is 0 Å². The first-order valence-electron chi connectivity index (χ1n) is 6.31. The zero-order valence-corrected chi connectivity index (χ0v) is 10.8. The summed E-state index contributed by atoms with van der Waals surface area (Å²) >= 11 is 0. The Hall–Kier alpha value is -1.16. The van der Waals surface area contributed by atoms with E-state index < -0.39 is 5.60 Å². The molecule has 0 aromatic heterocycles. The van der Waals surface area contributed by atoms with Gasteiger partial charge in [-0.25, -0.2) is 0 Å². The van der Waals surface area contributed by atoms with Crippen LogP contribution in [0.5, 0.6) is 0 Å². The molecule has 3 nitrogen and oxygen atoms in total. The standard InChI is InChI=1S/C15H20O3/c1-17-12-18-11-13-5-7-14(8-6-13)15(16)9-3-2-4-10-15/h3,5-9,16H,2,4,10-12H2,1H3. The van der Waals surface area contributed by atoms with E-state index in [1.807, 2.05) is 30.3 Å². The molecule has 0 fully saturated rings. The highest BCUT2D eigenvalue weighted by Crippen LogP contribution is 2.32. The quantitative estimate of drug-likeness (QED) is 0.494. The number of allylic oxidation sites excluding steroid dienone is 1. The van der Waals surface area contributed by atoms with E-state index in [4.69, 9.17) is 9.47 Å². The second-order valence-corrected chi connectivity index (χ2v) is 4.67. The summed E-state index contributed by atoms with van der Waals surface area (Å²) < 4.78 is 10.1. The Balaban J connectivity index is 2.02. The van der Waals surface area contributed by atoms with Crippen LogP contribution in [-0.2, 0) is 21.7 Å². The Kier molecular flexibility index (Phi) is 4.53. The first kappa shape index (κ1) is 13.3. The fourth-order valence-electron chi connectivity index (χ4n) is 2.22. The zero-order chi connectivity index (χ0) is 12.8. The van der Waals surface area contributed by atoms with E-state index in [0.29, 0.717) is 13.4 Å². The number of ether oxygens (including phenoxy) is 2. The Morgan fingerprint density at radius 2 is 2.06 bits per heavy atom. The van der Waals surface area contributed by atoms with Gasteiger partial charge >= 0.3 is 0 Å². The average Bonchev–Trinajstić information content (AvgIpc) is 2.41. The first-order valence-corrected chi connectivity index (χ1v) is 6.31. The molecule has 0 heterocycles. The lowest BCUT2D eigenvalue weighted by Gasteiger charge is -2.28. The highest BCUT2D eigenvalue weighted by molar-refractivity contribution is 5.31.